The predicted octanol–water partition coefficient (Wildman–Crippen LogP) is 3.29. The molecule has 86 valence electrons. The maximum Gasteiger partial charge on any atom is 0.330 e. The van der Waals surface area contributed by atoms with Crippen molar-refractivity contribution >= 4 is 12.0 Å². The molecule has 2 nitrogen and oxygen atoms in total. The molecule has 0 bridgehead atoms. The third-order valence-electron chi connectivity index (χ3n) is 1.86. The second kappa shape index (κ2) is 5.50. The van der Waals surface area contributed by atoms with E-state index in [0.29, 0.717) is 6.61 Å². The quantitative estimate of drug-likeness (QED) is 0.575. The molecule has 0 aliphatic heterocycles. The highest BCUT2D eigenvalue weighted by atomic mass is 16.5. The predicted molar refractivity (Wildman–Crippen MR) is 65.9 cm³/mol. The summed E-state index contributed by atoms with van der Waals surface area (Å²) in [6, 6.07) is 9.68. The van der Waals surface area contributed by atoms with Gasteiger partial charge in [-0.05, 0) is 17.1 Å². The van der Waals surface area contributed by atoms with Crippen LogP contribution in [0.3, 0.4) is 0 Å². The number of carbonyl (C=O) groups is 1. The molecule has 0 atom stereocenters. The van der Waals surface area contributed by atoms with Gasteiger partial charge in [0.25, 0.3) is 0 Å². The van der Waals surface area contributed by atoms with E-state index in [1.54, 1.807) is 6.08 Å². The van der Waals surface area contributed by atoms with Crippen molar-refractivity contribution in [3.63, 3.8) is 0 Å². The van der Waals surface area contributed by atoms with Crippen LogP contribution in [0.2, 0.25) is 0 Å². The van der Waals surface area contributed by atoms with Gasteiger partial charge in [-0.2, -0.15) is 0 Å². The third-order valence-corrected chi connectivity index (χ3v) is 1.86. The molecule has 2 heteroatoms. The minimum Gasteiger partial charge on any atom is -0.462 e. The highest BCUT2D eigenvalue weighted by Gasteiger charge is 2.12. The first-order valence-electron chi connectivity index (χ1n) is 5.37. The van der Waals surface area contributed by atoms with Crippen molar-refractivity contribution in [3.05, 3.63) is 42.0 Å². The number of hydrogen-bond donors (Lipinski definition) is 0. The van der Waals surface area contributed by atoms with Gasteiger partial charge in [-0.15, -0.1) is 0 Å². The SMILES string of the molecule is CC(C)(C)COC(=O)C=Cc1ccccc1. The van der Waals surface area contributed by atoms with Gasteiger partial charge in [-0.3, -0.25) is 0 Å². The number of esters is 1. The summed E-state index contributed by atoms with van der Waals surface area (Å²) in [6.07, 6.45) is 3.21. The Hall–Kier alpha value is -1.57. The zero-order valence-corrected chi connectivity index (χ0v) is 10.1. The fourth-order valence-corrected chi connectivity index (χ4v) is 1.06. The number of hydrogen-bond acceptors (Lipinski definition) is 2. The second-order valence-corrected chi connectivity index (χ2v) is 4.91. The molecule has 0 radical (unpaired) electrons. The molecule has 1 rings (SSSR count). The lowest BCUT2D eigenvalue weighted by molar-refractivity contribution is -0.140. The van der Waals surface area contributed by atoms with E-state index in [4.69, 9.17) is 4.74 Å². The van der Waals surface area contributed by atoms with Gasteiger partial charge in [0.15, 0.2) is 0 Å². The number of carbonyl (C=O) groups excluding carboxylic acids is 1. The summed E-state index contributed by atoms with van der Waals surface area (Å²) < 4.78 is 5.10. The number of rotatable bonds is 3. The maximum absolute atomic E-state index is 11.4. The van der Waals surface area contributed by atoms with Crippen LogP contribution in [0.1, 0.15) is 26.3 Å². The van der Waals surface area contributed by atoms with Crippen molar-refractivity contribution in [2.45, 2.75) is 20.8 Å². The van der Waals surface area contributed by atoms with Gasteiger partial charge in [0, 0.05) is 6.08 Å². The first-order valence-corrected chi connectivity index (χ1v) is 5.37. The van der Waals surface area contributed by atoms with E-state index >= 15 is 0 Å². The Morgan fingerprint density at radius 3 is 2.44 bits per heavy atom. The second-order valence-electron chi connectivity index (χ2n) is 4.91. The fraction of sp³-hybridized carbons (Fsp3) is 0.357. The molecule has 0 spiro atoms. The Balaban J connectivity index is 2.43. The molecule has 0 N–H and O–H groups in total. The molecule has 1 aromatic carbocycles. The van der Waals surface area contributed by atoms with Gasteiger partial charge in [0.1, 0.15) is 0 Å². The average molecular weight is 218 g/mol. The molecule has 0 saturated heterocycles. The Morgan fingerprint density at radius 2 is 1.88 bits per heavy atom. The lowest BCUT2D eigenvalue weighted by Gasteiger charge is -2.16. The summed E-state index contributed by atoms with van der Waals surface area (Å²) in [5, 5.41) is 0. The average Bonchev–Trinajstić information content (AvgIpc) is 2.24. The fourth-order valence-electron chi connectivity index (χ4n) is 1.06. The molecule has 0 fully saturated rings. The molecule has 0 aliphatic rings. The Morgan fingerprint density at radius 1 is 1.25 bits per heavy atom. The van der Waals surface area contributed by atoms with Crippen LogP contribution in [0, 0.1) is 5.41 Å². The Kier molecular flexibility index (Phi) is 4.29. The van der Waals surface area contributed by atoms with Crippen LogP contribution in [0.15, 0.2) is 36.4 Å². The molecule has 0 unspecified atom stereocenters. The van der Waals surface area contributed by atoms with Crippen LogP contribution in [0.25, 0.3) is 6.08 Å². The van der Waals surface area contributed by atoms with Gasteiger partial charge in [0.05, 0.1) is 6.61 Å². The monoisotopic (exact) mass is 218 g/mol. The third kappa shape index (κ3) is 5.35. The Labute approximate surface area is 96.9 Å². The van der Waals surface area contributed by atoms with Crippen molar-refractivity contribution < 1.29 is 9.53 Å². The van der Waals surface area contributed by atoms with Gasteiger partial charge < -0.3 is 4.74 Å². The van der Waals surface area contributed by atoms with E-state index in [1.807, 2.05) is 51.1 Å². The summed E-state index contributed by atoms with van der Waals surface area (Å²) in [4.78, 5) is 11.4. The standard InChI is InChI=1S/C14H18O2/c1-14(2,3)11-16-13(15)10-9-12-7-5-4-6-8-12/h4-10H,11H2,1-3H3. The van der Waals surface area contributed by atoms with Crippen LogP contribution >= 0.6 is 0 Å². The summed E-state index contributed by atoms with van der Waals surface area (Å²) in [5.41, 5.74) is 1.01. The van der Waals surface area contributed by atoms with E-state index in [0.717, 1.165) is 5.56 Å². The van der Waals surface area contributed by atoms with Gasteiger partial charge in [-0.25, -0.2) is 4.79 Å². The van der Waals surface area contributed by atoms with E-state index in [9.17, 15) is 4.79 Å². The summed E-state index contributed by atoms with van der Waals surface area (Å²) in [7, 11) is 0. The zero-order valence-electron chi connectivity index (χ0n) is 10.1. The minimum absolute atomic E-state index is 0.0102. The summed E-state index contributed by atoms with van der Waals surface area (Å²) in [5.74, 6) is -0.293. The van der Waals surface area contributed by atoms with Crippen LogP contribution in [-0.2, 0) is 9.53 Å². The van der Waals surface area contributed by atoms with Crippen molar-refractivity contribution in [3.8, 4) is 0 Å². The topological polar surface area (TPSA) is 26.3 Å². The molecule has 0 heterocycles. The lowest BCUT2D eigenvalue weighted by atomic mass is 9.99. The highest BCUT2D eigenvalue weighted by molar-refractivity contribution is 5.87. The van der Waals surface area contributed by atoms with Gasteiger partial charge in [-0.1, -0.05) is 51.1 Å². The highest BCUT2D eigenvalue weighted by Crippen LogP contribution is 2.13. The number of benzene rings is 1. The van der Waals surface area contributed by atoms with Crippen LogP contribution < -0.4 is 0 Å². The maximum atomic E-state index is 11.4. The van der Waals surface area contributed by atoms with E-state index < -0.39 is 0 Å². The molecule has 0 aromatic heterocycles. The van der Waals surface area contributed by atoms with Crippen LogP contribution in [-0.4, -0.2) is 12.6 Å². The van der Waals surface area contributed by atoms with Crippen molar-refractivity contribution in [2.24, 2.45) is 5.41 Å². The van der Waals surface area contributed by atoms with E-state index in [-0.39, 0.29) is 11.4 Å². The van der Waals surface area contributed by atoms with Gasteiger partial charge in [0.2, 0.25) is 0 Å². The normalized spacial score (nSPS) is 11.7. The molecule has 16 heavy (non-hydrogen) atoms. The molecular weight excluding hydrogens is 200 g/mol. The van der Waals surface area contributed by atoms with E-state index in [2.05, 4.69) is 0 Å². The van der Waals surface area contributed by atoms with Crippen LogP contribution in [0.5, 0.6) is 0 Å². The van der Waals surface area contributed by atoms with Crippen molar-refractivity contribution in [1.82, 2.24) is 0 Å². The zero-order chi connectivity index (χ0) is 12.0. The number of ether oxygens (including phenoxy) is 1. The van der Waals surface area contributed by atoms with Gasteiger partial charge >= 0.3 is 5.97 Å². The molecule has 0 saturated carbocycles. The molecule has 1 aromatic rings. The first kappa shape index (κ1) is 12.5. The van der Waals surface area contributed by atoms with Crippen LogP contribution in [0.4, 0.5) is 0 Å². The van der Waals surface area contributed by atoms with Crippen molar-refractivity contribution in [1.29, 1.82) is 0 Å². The molecule has 0 aliphatic carbocycles. The minimum atomic E-state index is -0.293. The summed E-state index contributed by atoms with van der Waals surface area (Å²) in [6.45, 7) is 6.52. The molecule has 0 amide bonds. The van der Waals surface area contributed by atoms with Crippen molar-refractivity contribution in [2.75, 3.05) is 6.61 Å². The first-order chi connectivity index (χ1) is 7.47. The smallest absolute Gasteiger partial charge is 0.330 e. The molecular formula is C14H18O2. The van der Waals surface area contributed by atoms with E-state index in [1.165, 1.54) is 6.08 Å². The largest absolute Gasteiger partial charge is 0.462 e. The summed E-state index contributed by atoms with van der Waals surface area (Å²) >= 11 is 0. The lowest BCUT2D eigenvalue weighted by Crippen LogP contribution is -2.17. The Bertz CT molecular complexity index is 358.